The summed E-state index contributed by atoms with van der Waals surface area (Å²) in [4.78, 5) is 27.0. The van der Waals surface area contributed by atoms with Gasteiger partial charge in [0, 0.05) is 36.2 Å². The molecule has 0 spiro atoms. The van der Waals surface area contributed by atoms with Crippen LogP contribution < -0.4 is 20.9 Å². The van der Waals surface area contributed by atoms with Gasteiger partial charge < -0.3 is 20.9 Å². The number of rotatable bonds is 4. The third kappa shape index (κ3) is 4.12. The molecule has 3 amide bonds. The number of carbonyl (C=O) groups excluding carboxylic acids is 2. The van der Waals surface area contributed by atoms with Gasteiger partial charge in [-0.15, -0.1) is 0 Å². The number of aryl methyl sites for hydroxylation is 1. The maximum absolute atomic E-state index is 13.0. The number of nitrogens with one attached hydrogen (secondary N) is 3. The lowest BCUT2D eigenvalue weighted by Gasteiger charge is -2.29. The summed E-state index contributed by atoms with van der Waals surface area (Å²) >= 11 is 6.16. The minimum absolute atomic E-state index is 0.299. The molecule has 0 saturated heterocycles. The van der Waals surface area contributed by atoms with E-state index in [9.17, 15) is 9.59 Å². The lowest BCUT2D eigenvalue weighted by Crippen LogP contribution is -2.45. The van der Waals surface area contributed by atoms with Crippen molar-refractivity contribution in [2.75, 3.05) is 24.3 Å². The van der Waals surface area contributed by atoms with Gasteiger partial charge in [0.2, 0.25) is 0 Å². The minimum atomic E-state index is -0.550. The zero-order valence-electron chi connectivity index (χ0n) is 16.3. The first-order valence-corrected chi connectivity index (χ1v) is 9.27. The second kappa shape index (κ2) is 7.94. The number of amides is 3. The summed E-state index contributed by atoms with van der Waals surface area (Å²) in [6.45, 7) is 3.62. The number of carbonyl (C=O) groups is 2. The van der Waals surface area contributed by atoms with Crippen LogP contribution in [0.1, 0.15) is 24.1 Å². The van der Waals surface area contributed by atoms with Crippen molar-refractivity contribution in [3.8, 4) is 0 Å². The minimum Gasteiger partial charge on any atom is -0.378 e. The fourth-order valence-corrected chi connectivity index (χ4v) is 3.26. The number of anilines is 2. The number of hydrogen-bond donors (Lipinski definition) is 3. The van der Waals surface area contributed by atoms with E-state index in [1.54, 1.807) is 19.1 Å². The molecule has 0 saturated carbocycles. The Hall–Kier alpha value is -2.99. The lowest BCUT2D eigenvalue weighted by atomic mass is 9.94. The SMILES string of the molecule is CC1=C(C(=O)Nc2ccc(C)c(Cl)c2)C(c2ccc(N(C)C)cc2)NC(=O)N1. The van der Waals surface area contributed by atoms with E-state index in [1.165, 1.54) is 0 Å². The summed E-state index contributed by atoms with van der Waals surface area (Å²) in [7, 11) is 3.91. The maximum atomic E-state index is 13.0. The highest BCUT2D eigenvalue weighted by Crippen LogP contribution is 2.29. The Morgan fingerprint density at radius 1 is 1.11 bits per heavy atom. The molecule has 1 unspecified atom stereocenters. The molecule has 3 N–H and O–H groups in total. The Bertz CT molecular complexity index is 951. The summed E-state index contributed by atoms with van der Waals surface area (Å²) in [5, 5.41) is 8.97. The molecule has 0 aromatic heterocycles. The van der Waals surface area contributed by atoms with E-state index in [0.717, 1.165) is 16.8 Å². The van der Waals surface area contributed by atoms with Crippen molar-refractivity contribution in [1.82, 2.24) is 10.6 Å². The van der Waals surface area contributed by atoms with E-state index < -0.39 is 6.04 Å². The van der Waals surface area contributed by atoms with Crippen molar-refractivity contribution >= 4 is 34.9 Å². The van der Waals surface area contributed by atoms with Crippen LogP contribution in [0.15, 0.2) is 53.7 Å². The van der Waals surface area contributed by atoms with Gasteiger partial charge in [-0.05, 0) is 49.2 Å². The van der Waals surface area contributed by atoms with E-state index in [4.69, 9.17) is 11.6 Å². The largest absolute Gasteiger partial charge is 0.378 e. The first-order valence-electron chi connectivity index (χ1n) is 8.89. The van der Waals surface area contributed by atoms with Crippen molar-refractivity contribution in [2.24, 2.45) is 0 Å². The van der Waals surface area contributed by atoms with Crippen LogP contribution in [-0.2, 0) is 4.79 Å². The molecular formula is C21H23ClN4O2. The summed E-state index contributed by atoms with van der Waals surface area (Å²) in [6, 6.07) is 12.2. The number of halogens is 1. The summed E-state index contributed by atoms with van der Waals surface area (Å²) in [5.74, 6) is -0.299. The van der Waals surface area contributed by atoms with Crippen LogP contribution >= 0.6 is 11.6 Å². The Balaban J connectivity index is 1.92. The van der Waals surface area contributed by atoms with Crippen LogP contribution in [0.3, 0.4) is 0 Å². The molecule has 1 atom stereocenters. The van der Waals surface area contributed by atoms with Crippen molar-refractivity contribution in [3.63, 3.8) is 0 Å². The first-order chi connectivity index (χ1) is 13.3. The molecule has 1 aliphatic heterocycles. The third-order valence-electron chi connectivity index (χ3n) is 4.69. The molecule has 2 aromatic carbocycles. The molecule has 6 nitrogen and oxygen atoms in total. The number of benzene rings is 2. The quantitative estimate of drug-likeness (QED) is 0.729. The third-order valence-corrected chi connectivity index (χ3v) is 5.09. The molecule has 1 heterocycles. The molecule has 28 heavy (non-hydrogen) atoms. The van der Waals surface area contributed by atoms with Crippen molar-refractivity contribution in [3.05, 3.63) is 69.9 Å². The number of nitrogens with zero attached hydrogens (tertiary/aromatic N) is 1. The van der Waals surface area contributed by atoms with Gasteiger partial charge in [0.05, 0.1) is 11.6 Å². The maximum Gasteiger partial charge on any atom is 0.319 e. The van der Waals surface area contributed by atoms with Crippen molar-refractivity contribution in [2.45, 2.75) is 19.9 Å². The van der Waals surface area contributed by atoms with Crippen LogP contribution in [0, 0.1) is 6.92 Å². The van der Waals surface area contributed by atoms with E-state index in [-0.39, 0.29) is 11.9 Å². The Labute approximate surface area is 169 Å². The molecule has 0 bridgehead atoms. The van der Waals surface area contributed by atoms with Gasteiger partial charge in [0.15, 0.2) is 0 Å². The fourth-order valence-electron chi connectivity index (χ4n) is 3.08. The molecule has 0 radical (unpaired) electrons. The van der Waals surface area contributed by atoms with Crippen molar-refractivity contribution < 1.29 is 9.59 Å². The second-order valence-corrected chi connectivity index (χ2v) is 7.38. The van der Waals surface area contributed by atoms with Gasteiger partial charge >= 0.3 is 6.03 Å². The fraction of sp³-hybridized carbons (Fsp3) is 0.238. The van der Waals surface area contributed by atoms with Gasteiger partial charge in [-0.25, -0.2) is 4.79 Å². The van der Waals surface area contributed by atoms with Gasteiger partial charge in [-0.1, -0.05) is 29.8 Å². The Morgan fingerprint density at radius 3 is 2.39 bits per heavy atom. The normalized spacial score (nSPS) is 16.3. The second-order valence-electron chi connectivity index (χ2n) is 6.97. The summed E-state index contributed by atoms with van der Waals surface area (Å²) in [6.07, 6.45) is 0. The molecule has 3 rings (SSSR count). The van der Waals surface area contributed by atoms with E-state index in [1.807, 2.05) is 56.3 Å². The molecular weight excluding hydrogens is 376 g/mol. The average Bonchev–Trinajstić information content (AvgIpc) is 2.64. The lowest BCUT2D eigenvalue weighted by molar-refractivity contribution is -0.113. The van der Waals surface area contributed by atoms with Crippen LogP contribution in [0.5, 0.6) is 0 Å². The predicted octanol–water partition coefficient (Wildman–Crippen LogP) is 3.98. The molecule has 2 aromatic rings. The van der Waals surface area contributed by atoms with Crippen LogP contribution in [0.4, 0.5) is 16.2 Å². The van der Waals surface area contributed by atoms with E-state index >= 15 is 0 Å². The molecule has 1 aliphatic rings. The van der Waals surface area contributed by atoms with Crippen LogP contribution in [0.2, 0.25) is 5.02 Å². The van der Waals surface area contributed by atoms with E-state index in [0.29, 0.717) is 22.0 Å². The van der Waals surface area contributed by atoms with E-state index in [2.05, 4.69) is 16.0 Å². The highest BCUT2D eigenvalue weighted by Gasteiger charge is 2.31. The topological polar surface area (TPSA) is 73.5 Å². The van der Waals surface area contributed by atoms with Gasteiger partial charge in [-0.3, -0.25) is 4.79 Å². The molecule has 0 fully saturated rings. The highest BCUT2D eigenvalue weighted by atomic mass is 35.5. The number of urea groups is 1. The van der Waals surface area contributed by atoms with Crippen LogP contribution in [0.25, 0.3) is 0 Å². The van der Waals surface area contributed by atoms with Gasteiger partial charge in [0.25, 0.3) is 5.91 Å². The van der Waals surface area contributed by atoms with Crippen molar-refractivity contribution in [1.29, 1.82) is 0 Å². The standard InChI is InChI=1S/C21H23ClN4O2/c1-12-5-8-15(11-17(12)22)24-20(27)18-13(2)23-21(28)25-19(18)14-6-9-16(10-7-14)26(3)4/h5-11,19H,1-4H3,(H,24,27)(H2,23,25,28). The Morgan fingerprint density at radius 2 is 1.79 bits per heavy atom. The molecule has 146 valence electrons. The van der Waals surface area contributed by atoms with Crippen LogP contribution in [-0.4, -0.2) is 26.0 Å². The average molecular weight is 399 g/mol. The number of hydrogen-bond acceptors (Lipinski definition) is 3. The zero-order chi connectivity index (χ0) is 20.4. The zero-order valence-corrected chi connectivity index (χ0v) is 17.0. The Kier molecular flexibility index (Phi) is 5.61. The molecule has 7 heteroatoms. The summed E-state index contributed by atoms with van der Waals surface area (Å²) < 4.78 is 0. The predicted molar refractivity (Wildman–Crippen MR) is 113 cm³/mol. The summed E-state index contributed by atoms with van der Waals surface area (Å²) in [5.41, 5.74) is 4.35. The first kappa shape index (κ1) is 19.8. The van der Waals surface area contributed by atoms with Gasteiger partial charge in [0.1, 0.15) is 0 Å². The monoisotopic (exact) mass is 398 g/mol. The van der Waals surface area contributed by atoms with Gasteiger partial charge in [-0.2, -0.15) is 0 Å². The molecule has 0 aliphatic carbocycles. The highest BCUT2D eigenvalue weighted by molar-refractivity contribution is 6.31. The number of allylic oxidation sites excluding steroid dienone is 1. The smallest absolute Gasteiger partial charge is 0.319 e.